The lowest BCUT2D eigenvalue weighted by molar-refractivity contribution is -0.138. The van der Waals surface area contributed by atoms with Crippen molar-refractivity contribution in [2.24, 2.45) is 5.73 Å². The predicted molar refractivity (Wildman–Crippen MR) is 47.4 cm³/mol. The molecule has 2 atom stereocenters. The average molecular weight is 183 g/mol. The van der Waals surface area contributed by atoms with Crippen LogP contribution >= 0.6 is 0 Å². The SMILES string of the molecule is [2H][C@H](c1cccc(O)c1)[C@]([2H])(N)C(=O)O. The van der Waals surface area contributed by atoms with E-state index in [9.17, 15) is 4.79 Å². The Morgan fingerprint density at radius 2 is 2.46 bits per heavy atom. The van der Waals surface area contributed by atoms with Crippen molar-refractivity contribution < 1.29 is 17.7 Å². The maximum absolute atomic E-state index is 10.6. The van der Waals surface area contributed by atoms with E-state index in [1.807, 2.05) is 0 Å². The van der Waals surface area contributed by atoms with Crippen LogP contribution in [-0.2, 0) is 11.2 Å². The van der Waals surface area contributed by atoms with E-state index in [1.54, 1.807) is 0 Å². The van der Waals surface area contributed by atoms with Gasteiger partial charge in [0.25, 0.3) is 0 Å². The Morgan fingerprint density at radius 3 is 3.00 bits per heavy atom. The molecule has 0 unspecified atom stereocenters. The van der Waals surface area contributed by atoms with Crippen LogP contribution in [-0.4, -0.2) is 22.2 Å². The number of phenols is 1. The number of rotatable bonds is 3. The van der Waals surface area contributed by atoms with Gasteiger partial charge >= 0.3 is 5.97 Å². The van der Waals surface area contributed by atoms with Gasteiger partial charge in [0.15, 0.2) is 0 Å². The molecule has 4 N–H and O–H groups in total. The molecule has 0 spiro atoms. The molecule has 0 saturated heterocycles. The van der Waals surface area contributed by atoms with Gasteiger partial charge in [0, 0.05) is 1.37 Å². The maximum atomic E-state index is 10.6. The fraction of sp³-hybridized carbons (Fsp3) is 0.222. The van der Waals surface area contributed by atoms with Crippen LogP contribution in [0.4, 0.5) is 0 Å². The third-order valence-corrected chi connectivity index (χ3v) is 1.44. The molecule has 0 saturated carbocycles. The number of hydrogen-bond acceptors (Lipinski definition) is 3. The smallest absolute Gasteiger partial charge is 0.320 e. The first kappa shape index (κ1) is 6.91. The van der Waals surface area contributed by atoms with E-state index in [0.717, 1.165) is 0 Å². The van der Waals surface area contributed by atoms with Crippen molar-refractivity contribution in [2.45, 2.75) is 12.4 Å². The number of benzene rings is 1. The molecule has 1 aromatic rings. The Morgan fingerprint density at radius 1 is 1.77 bits per heavy atom. The van der Waals surface area contributed by atoms with Gasteiger partial charge in [-0.05, 0) is 24.1 Å². The Labute approximate surface area is 78.4 Å². The molecule has 0 amide bonds. The molecule has 0 bridgehead atoms. The number of carboxylic acid groups (broad SMARTS) is 1. The van der Waals surface area contributed by atoms with Crippen LogP contribution in [0.15, 0.2) is 24.3 Å². The quantitative estimate of drug-likeness (QED) is 0.631. The van der Waals surface area contributed by atoms with Crippen LogP contribution in [0.3, 0.4) is 0 Å². The first-order chi connectivity index (χ1) is 6.85. The predicted octanol–water partition coefficient (Wildman–Crippen LogP) is 0.347. The summed E-state index contributed by atoms with van der Waals surface area (Å²) in [5, 5.41) is 17.8. The van der Waals surface area contributed by atoms with Crippen molar-refractivity contribution in [2.75, 3.05) is 0 Å². The molecule has 1 aromatic carbocycles. The summed E-state index contributed by atoms with van der Waals surface area (Å²) in [6.07, 6.45) is -1.46. The van der Waals surface area contributed by atoms with Crippen LogP contribution in [0.5, 0.6) is 5.75 Å². The highest BCUT2D eigenvalue weighted by Crippen LogP contribution is 2.11. The largest absolute Gasteiger partial charge is 0.508 e. The Kier molecular flexibility index (Phi) is 2.08. The van der Waals surface area contributed by atoms with E-state index in [2.05, 4.69) is 0 Å². The summed E-state index contributed by atoms with van der Waals surface area (Å²) in [6.45, 7) is 0. The Bertz CT molecular complexity index is 381. The van der Waals surface area contributed by atoms with Crippen LogP contribution < -0.4 is 5.73 Å². The summed E-state index contributed by atoms with van der Waals surface area (Å²) >= 11 is 0. The molecule has 4 heteroatoms. The van der Waals surface area contributed by atoms with Crippen molar-refractivity contribution in [3.05, 3.63) is 29.8 Å². The third-order valence-electron chi connectivity index (χ3n) is 1.44. The minimum absolute atomic E-state index is 0.0917. The minimum Gasteiger partial charge on any atom is -0.508 e. The van der Waals surface area contributed by atoms with Gasteiger partial charge in [-0.25, -0.2) is 0 Å². The molecule has 0 aliphatic heterocycles. The second kappa shape index (κ2) is 3.91. The van der Waals surface area contributed by atoms with Gasteiger partial charge in [-0.3, -0.25) is 4.79 Å². The summed E-state index contributed by atoms with van der Waals surface area (Å²) in [7, 11) is 0. The zero-order valence-electron chi connectivity index (χ0n) is 8.77. The van der Waals surface area contributed by atoms with Crippen molar-refractivity contribution in [3.8, 4) is 5.75 Å². The van der Waals surface area contributed by atoms with Gasteiger partial charge in [0.05, 0.1) is 1.37 Å². The number of aromatic hydroxyl groups is 1. The molecule has 0 fully saturated rings. The first-order valence-corrected chi connectivity index (χ1v) is 3.59. The summed E-state index contributed by atoms with van der Waals surface area (Å²) < 4.78 is 14.8. The van der Waals surface area contributed by atoms with E-state index in [0.29, 0.717) is 0 Å². The molecule has 0 radical (unpaired) electrons. The zero-order chi connectivity index (χ0) is 11.6. The third kappa shape index (κ3) is 2.76. The van der Waals surface area contributed by atoms with E-state index < -0.39 is 18.4 Å². The van der Waals surface area contributed by atoms with Gasteiger partial charge < -0.3 is 15.9 Å². The summed E-state index contributed by atoms with van der Waals surface area (Å²) in [4.78, 5) is 10.6. The van der Waals surface area contributed by atoms with E-state index in [-0.39, 0.29) is 11.3 Å². The molecule has 13 heavy (non-hydrogen) atoms. The molecule has 0 aliphatic rings. The second-order valence-corrected chi connectivity index (χ2v) is 2.50. The van der Waals surface area contributed by atoms with E-state index in [4.69, 9.17) is 18.7 Å². The van der Waals surface area contributed by atoms with Gasteiger partial charge in [-0.15, -0.1) is 0 Å². The van der Waals surface area contributed by atoms with Crippen molar-refractivity contribution in [1.82, 2.24) is 0 Å². The highest BCUT2D eigenvalue weighted by molar-refractivity contribution is 5.73. The van der Waals surface area contributed by atoms with Crippen molar-refractivity contribution in [1.29, 1.82) is 0 Å². The molecule has 0 aromatic heterocycles. The van der Waals surface area contributed by atoms with E-state index >= 15 is 0 Å². The number of carbonyl (C=O) groups is 1. The van der Waals surface area contributed by atoms with Gasteiger partial charge in [-0.2, -0.15) is 0 Å². The zero-order valence-corrected chi connectivity index (χ0v) is 6.77. The molecule has 0 aliphatic carbocycles. The maximum Gasteiger partial charge on any atom is 0.320 e. The van der Waals surface area contributed by atoms with Crippen molar-refractivity contribution >= 4 is 5.97 Å². The molecular formula is C9H11NO3. The number of aliphatic carboxylic acids is 1. The van der Waals surface area contributed by atoms with Crippen LogP contribution in [0.2, 0.25) is 0 Å². The minimum atomic E-state index is -2.42. The summed E-state index contributed by atoms with van der Waals surface area (Å²) in [6, 6.07) is 3.09. The second-order valence-electron chi connectivity index (χ2n) is 2.50. The monoisotopic (exact) mass is 183 g/mol. The Hall–Kier alpha value is -1.55. The normalized spacial score (nSPS) is 19.5. The summed E-state index contributed by atoms with van der Waals surface area (Å²) in [5.41, 5.74) is 5.37. The lowest BCUT2D eigenvalue weighted by atomic mass is 10.1. The molecule has 1 rings (SSSR count). The first-order valence-electron chi connectivity index (χ1n) is 4.67. The topological polar surface area (TPSA) is 83.5 Å². The number of carboxylic acids is 1. The Balaban J connectivity index is 3.04. The highest BCUT2D eigenvalue weighted by atomic mass is 16.4. The molecular weight excluding hydrogens is 170 g/mol. The van der Waals surface area contributed by atoms with Crippen molar-refractivity contribution in [3.63, 3.8) is 0 Å². The fourth-order valence-electron chi connectivity index (χ4n) is 0.856. The fourth-order valence-corrected chi connectivity index (χ4v) is 0.856. The van der Waals surface area contributed by atoms with Gasteiger partial charge in [0.1, 0.15) is 11.8 Å². The van der Waals surface area contributed by atoms with Gasteiger partial charge in [0.2, 0.25) is 0 Å². The number of phenolic OH excluding ortho intramolecular Hbond substituents is 1. The lowest BCUT2D eigenvalue weighted by Gasteiger charge is -2.05. The molecule has 0 heterocycles. The summed E-state index contributed by atoms with van der Waals surface area (Å²) in [5.74, 6) is -1.67. The highest BCUT2D eigenvalue weighted by Gasteiger charge is 2.11. The molecule has 70 valence electrons. The van der Waals surface area contributed by atoms with E-state index in [1.165, 1.54) is 24.3 Å². The van der Waals surface area contributed by atoms with Crippen LogP contribution in [0.25, 0.3) is 0 Å². The molecule has 4 nitrogen and oxygen atoms in total. The standard InChI is InChI=1S/C9H11NO3/c10-8(9(12)13)5-6-2-1-3-7(11)4-6/h1-4,8,11H,5,10H2,(H,12,13)/t8-/m0/s1/i5D,8D/t5-,8+/m1. The van der Waals surface area contributed by atoms with Crippen LogP contribution in [0, 0.1) is 0 Å². The lowest BCUT2D eigenvalue weighted by Crippen LogP contribution is -2.32. The number of hydrogen-bond donors (Lipinski definition) is 3. The average Bonchev–Trinajstić information content (AvgIpc) is 2.16. The van der Waals surface area contributed by atoms with Gasteiger partial charge in [-0.1, -0.05) is 12.1 Å². The number of nitrogens with two attached hydrogens (primary N) is 1. The van der Waals surface area contributed by atoms with Crippen LogP contribution in [0.1, 0.15) is 8.30 Å².